The summed E-state index contributed by atoms with van der Waals surface area (Å²) in [6.45, 7) is 0. The first-order chi connectivity index (χ1) is 8.15. The molecule has 0 aliphatic heterocycles. The largest absolute Gasteiger partial charge is 0.394 e. The Balaban J connectivity index is 2.56. The number of pyridine rings is 3. The zero-order chi connectivity index (χ0) is 12.0. The molecule has 0 saturated heterocycles. The number of H-pyrrole nitrogens is 2. The van der Waals surface area contributed by atoms with Crippen LogP contribution in [0.25, 0.3) is 22.1 Å². The number of anilines is 1. The van der Waals surface area contributed by atoms with Crippen molar-refractivity contribution in [2.75, 3.05) is 5.73 Å². The van der Waals surface area contributed by atoms with Crippen LogP contribution in [0.5, 0.6) is 0 Å². The Labute approximate surface area is 94.1 Å². The number of nitrogens with zero attached hydrogens (tertiary/aromatic N) is 1. The van der Waals surface area contributed by atoms with Gasteiger partial charge in [-0.15, -0.1) is 0 Å². The summed E-state index contributed by atoms with van der Waals surface area (Å²) in [6, 6.07) is 4.66. The molecule has 0 spiro atoms. The first kappa shape index (κ1) is 9.59. The number of rotatable bonds is 0. The Morgan fingerprint density at radius 2 is 2.00 bits per heavy atom. The van der Waals surface area contributed by atoms with Crippen molar-refractivity contribution in [1.29, 1.82) is 0 Å². The van der Waals surface area contributed by atoms with Crippen LogP contribution in [0.4, 0.5) is 5.69 Å². The Bertz CT molecular complexity index is 847. The molecule has 0 unspecified atom stereocenters. The van der Waals surface area contributed by atoms with E-state index in [0.717, 1.165) is 0 Å². The van der Waals surface area contributed by atoms with Crippen molar-refractivity contribution in [2.45, 2.75) is 0 Å². The highest BCUT2D eigenvalue weighted by Crippen LogP contribution is 2.13. The number of aromatic nitrogens is 3. The van der Waals surface area contributed by atoms with Gasteiger partial charge in [-0.3, -0.25) is 9.59 Å². The number of aromatic amines is 2. The van der Waals surface area contributed by atoms with Gasteiger partial charge in [-0.1, -0.05) is 0 Å². The lowest BCUT2D eigenvalue weighted by Gasteiger charge is -2.01. The zero-order valence-electron chi connectivity index (χ0n) is 8.65. The van der Waals surface area contributed by atoms with Crippen molar-refractivity contribution in [3.05, 3.63) is 45.0 Å². The Morgan fingerprint density at radius 3 is 2.82 bits per heavy atom. The van der Waals surface area contributed by atoms with Crippen LogP contribution in [0.1, 0.15) is 0 Å². The summed E-state index contributed by atoms with van der Waals surface area (Å²) in [7, 11) is 0. The molecule has 0 saturated carbocycles. The van der Waals surface area contributed by atoms with E-state index in [1.54, 1.807) is 12.1 Å². The number of nitrogens with two attached hydrogens (primary N) is 1. The standard InChI is InChI=1S/C11H8N4O2/c12-7-4-13-11-6(9(7)17)3-5-1-2-8(16)14-10(5)15-11/h1-4H,12H2,(H2,13,14,15,16,17). The first-order valence-electron chi connectivity index (χ1n) is 4.96. The van der Waals surface area contributed by atoms with E-state index in [9.17, 15) is 9.59 Å². The van der Waals surface area contributed by atoms with Gasteiger partial charge >= 0.3 is 0 Å². The average Bonchev–Trinajstić information content (AvgIpc) is 2.32. The van der Waals surface area contributed by atoms with Gasteiger partial charge in [0.05, 0.1) is 11.1 Å². The maximum Gasteiger partial charge on any atom is 0.249 e. The van der Waals surface area contributed by atoms with Crippen molar-refractivity contribution >= 4 is 27.8 Å². The molecule has 3 heterocycles. The van der Waals surface area contributed by atoms with Gasteiger partial charge in [0.1, 0.15) is 11.3 Å². The lowest BCUT2D eigenvalue weighted by Crippen LogP contribution is -2.10. The highest BCUT2D eigenvalue weighted by atomic mass is 16.1. The van der Waals surface area contributed by atoms with E-state index in [0.29, 0.717) is 22.1 Å². The quantitative estimate of drug-likeness (QED) is 0.483. The summed E-state index contributed by atoms with van der Waals surface area (Å²) in [5, 5.41) is 1.10. The minimum Gasteiger partial charge on any atom is -0.394 e. The lowest BCUT2D eigenvalue weighted by atomic mass is 10.2. The predicted molar refractivity (Wildman–Crippen MR) is 64.9 cm³/mol. The summed E-state index contributed by atoms with van der Waals surface area (Å²) < 4.78 is 0. The molecule has 0 aromatic carbocycles. The summed E-state index contributed by atoms with van der Waals surface area (Å²) >= 11 is 0. The zero-order valence-corrected chi connectivity index (χ0v) is 8.65. The van der Waals surface area contributed by atoms with E-state index in [1.807, 2.05) is 0 Å². The molecule has 0 aliphatic rings. The van der Waals surface area contributed by atoms with E-state index in [1.165, 1.54) is 12.3 Å². The van der Waals surface area contributed by atoms with E-state index in [2.05, 4.69) is 15.0 Å². The van der Waals surface area contributed by atoms with Gasteiger partial charge in [-0.05, 0) is 12.1 Å². The minimum atomic E-state index is -0.264. The fraction of sp³-hybridized carbons (Fsp3) is 0. The first-order valence-corrected chi connectivity index (χ1v) is 4.96. The molecular formula is C11H8N4O2. The maximum absolute atomic E-state index is 11.8. The SMILES string of the molecule is Nc1c[nH]c2nc3[nH]c(=O)ccc3cc2c1=O. The molecule has 3 rings (SSSR count). The second kappa shape index (κ2) is 3.18. The highest BCUT2D eigenvalue weighted by molar-refractivity contribution is 5.89. The van der Waals surface area contributed by atoms with E-state index in [-0.39, 0.29) is 16.7 Å². The number of hydrogen-bond donors (Lipinski definition) is 3. The fourth-order valence-electron chi connectivity index (χ4n) is 1.73. The summed E-state index contributed by atoms with van der Waals surface area (Å²) in [6.07, 6.45) is 1.39. The van der Waals surface area contributed by atoms with E-state index in [4.69, 9.17) is 5.73 Å². The van der Waals surface area contributed by atoms with Crippen molar-refractivity contribution in [3.63, 3.8) is 0 Å². The van der Waals surface area contributed by atoms with Crippen molar-refractivity contribution < 1.29 is 0 Å². The monoisotopic (exact) mass is 228 g/mol. The molecule has 4 N–H and O–H groups in total. The highest BCUT2D eigenvalue weighted by Gasteiger charge is 2.05. The summed E-state index contributed by atoms with van der Waals surface area (Å²) in [5.41, 5.74) is 6.00. The number of nitrogen functional groups attached to an aromatic ring is 1. The van der Waals surface area contributed by atoms with Gasteiger partial charge < -0.3 is 15.7 Å². The van der Waals surface area contributed by atoms with Crippen LogP contribution < -0.4 is 16.7 Å². The molecule has 84 valence electrons. The van der Waals surface area contributed by atoms with Gasteiger partial charge in [-0.2, -0.15) is 0 Å². The molecule has 6 nitrogen and oxygen atoms in total. The van der Waals surface area contributed by atoms with Crippen LogP contribution in [0.3, 0.4) is 0 Å². The van der Waals surface area contributed by atoms with Crippen molar-refractivity contribution in [2.24, 2.45) is 0 Å². The molecule has 6 heteroatoms. The third-order valence-electron chi connectivity index (χ3n) is 2.58. The van der Waals surface area contributed by atoms with Crippen LogP contribution in [-0.2, 0) is 0 Å². The normalized spacial score (nSPS) is 11.1. The van der Waals surface area contributed by atoms with Gasteiger partial charge in [0.15, 0.2) is 0 Å². The van der Waals surface area contributed by atoms with Crippen LogP contribution in [-0.4, -0.2) is 15.0 Å². The maximum atomic E-state index is 11.8. The molecule has 3 aromatic heterocycles. The van der Waals surface area contributed by atoms with Gasteiger partial charge in [0.25, 0.3) is 0 Å². The van der Waals surface area contributed by atoms with Crippen LogP contribution in [0.15, 0.2) is 34.0 Å². The second-order valence-corrected chi connectivity index (χ2v) is 3.72. The number of nitrogens with one attached hydrogen (secondary N) is 2. The molecule has 0 atom stereocenters. The molecule has 0 amide bonds. The Kier molecular flexibility index (Phi) is 1.79. The summed E-state index contributed by atoms with van der Waals surface area (Å²) in [4.78, 5) is 32.5. The number of hydrogen-bond acceptors (Lipinski definition) is 4. The Hall–Kier alpha value is -2.63. The minimum absolute atomic E-state index is 0.142. The molecule has 0 fully saturated rings. The fourth-order valence-corrected chi connectivity index (χ4v) is 1.73. The van der Waals surface area contributed by atoms with E-state index >= 15 is 0 Å². The van der Waals surface area contributed by atoms with Crippen molar-refractivity contribution in [1.82, 2.24) is 15.0 Å². The van der Waals surface area contributed by atoms with Crippen LogP contribution >= 0.6 is 0 Å². The molecular weight excluding hydrogens is 220 g/mol. The van der Waals surface area contributed by atoms with Gasteiger partial charge in [0, 0.05) is 17.6 Å². The molecule has 0 radical (unpaired) electrons. The van der Waals surface area contributed by atoms with Gasteiger partial charge in [-0.25, -0.2) is 4.98 Å². The van der Waals surface area contributed by atoms with Gasteiger partial charge in [0.2, 0.25) is 11.0 Å². The third-order valence-corrected chi connectivity index (χ3v) is 2.58. The van der Waals surface area contributed by atoms with Crippen molar-refractivity contribution in [3.8, 4) is 0 Å². The van der Waals surface area contributed by atoms with E-state index < -0.39 is 0 Å². The molecule has 0 bridgehead atoms. The topological polar surface area (TPSA) is 105 Å². The summed E-state index contributed by atoms with van der Waals surface area (Å²) in [5.74, 6) is 0. The third kappa shape index (κ3) is 1.38. The molecule has 17 heavy (non-hydrogen) atoms. The van der Waals surface area contributed by atoms with Crippen LogP contribution in [0.2, 0.25) is 0 Å². The molecule has 3 aromatic rings. The number of fused-ring (bicyclic) bond motifs is 2. The Morgan fingerprint density at radius 1 is 1.18 bits per heavy atom. The van der Waals surface area contributed by atoms with Crippen LogP contribution in [0, 0.1) is 0 Å². The smallest absolute Gasteiger partial charge is 0.249 e. The predicted octanol–water partition coefficient (Wildman–Crippen LogP) is 0.347. The lowest BCUT2D eigenvalue weighted by molar-refractivity contribution is 1.23. The second-order valence-electron chi connectivity index (χ2n) is 3.72. The molecule has 0 aliphatic carbocycles. The average molecular weight is 228 g/mol.